The molecule has 1 atom stereocenters. The van der Waals surface area contributed by atoms with Crippen molar-refractivity contribution in [2.24, 2.45) is 0 Å². The molecule has 3 aliphatic rings. The summed E-state index contributed by atoms with van der Waals surface area (Å²) in [5, 5.41) is 14.7. The first-order valence-corrected chi connectivity index (χ1v) is 13.2. The Morgan fingerprint density at radius 3 is 2.62 bits per heavy atom. The molecule has 0 bridgehead atoms. The monoisotopic (exact) mass is 498 g/mol. The third kappa shape index (κ3) is 4.97. The second-order valence-corrected chi connectivity index (χ2v) is 10.1. The molecule has 0 aliphatic carbocycles. The Morgan fingerprint density at radius 1 is 1.08 bits per heavy atom. The Kier molecular flexibility index (Phi) is 6.63. The van der Waals surface area contributed by atoms with Crippen LogP contribution in [0.3, 0.4) is 0 Å². The number of benzene rings is 1. The van der Waals surface area contributed by atoms with Crippen LogP contribution in [0.15, 0.2) is 48.9 Å². The SMILES string of the molecule is CN1CCN(c2ccc(Nc3nc(-c4cnn(C5CCNCC5)c4)cc4c3C(C=O)NC=C4)cc2)CC1. The first kappa shape index (κ1) is 23.7. The fraction of sp³-hybridized carbons (Fsp3) is 0.393. The van der Waals surface area contributed by atoms with E-state index in [0.29, 0.717) is 11.9 Å². The normalized spacial score (nSPS) is 20.4. The van der Waals surface area contributed by atoms with E-state index in [4.69, 9.17) is 4.98 Å². The lowest BCUT2D eigenvalue weighted by Gasteiger charge is -2.34. The van der Waals surface area contributed by atoms with Crippen LogP contribution in [0.1, 0.15) is 36.1 Å². The summed E-state index contributed by atoms with van der Waals surface area (Å²) >= 11 is 0. The maximum absolute atomic E-state index is 11.9. The van der Waals surface area contributed by atoms with E-state index in [1.165, 1.54) is 5.69 Å². The molecule has 2 aromatic heterocycles. The average molecular weight is 499 g/mol. The van der Waals surface area contributed by atoms with Gasteiger partial charge in [-0.05, 0) is 81.2 Å². The van der Waals surface area contributed by atoms with Crippen LogP contribution < -0.4 is 20.9 Å². The highest BCUT2D eigenvalue weighted by Gasteiger charge is 2.24. The number of likely N-dealkylation sites (N-methyl/N-ethyl adjacent to an activating group) is 1. The van der Waals surface area contributed by atoms with Gasteiger partial charge in [0.15, 0.2) is 0 Å². The van der Waals surface area contributed by atoms with Gasteiger partial charge in [0.1, 0.15) is 18.1 Å². The van der Waals surface area contributed by atoms with Crippen LogP contribution in [0.25, 0.3) is 17.3 Å². The Labute approximate surface area is 217 Å². The van der Waals surface area contributed by atoms with Gasteiger partial charge in [-0.15, -0.1) is 0 Å². The van der Waals surface area contributed by atoms with Gasteiger partial charge in [-0.3, -0.25) is 4.68 Å². The summed E-state index contributed by atoms with van der Waals surface area (Å²) in [4.78, 5) is 21.7. The molecule has 9 heteroatoms. The van der Waals surface area contributed by atoms with Crippen LogP contribution >= 0.6 is 0 Å². The molecule has 37 heavy (non-hydrogen) atoms. The van der Waals surface area contributed by atoms with E-state index in [1.54, 1.807) is 0 Å². The maximum Gasteiger partial charge on any atom is 0.146 e. The highest BCUT2D eigenvalue weighted by Crippen LogP contribution is 2.34. The molecule has 0 saturated carbocycles. The van der Waals surface area contributed by atoms with Gasteiger partial charge >= 0.3 is 0 Å². The first-order valence-electron chi connectivity index (χ1n) is 13.2. The van der Waals surface area contributed by atoms with Crippen LogP contribution in [0.5, 0.6) is 0 Å². The van der Waals surface area contributed by atoms with Crippen LogP contribution in [-0.4, -0.2) is 72.3 Å². The molecule has 192 valence electrons. The number of anilines is 3. The quantitative estimate of drug-likeness (QED) is 0.447. The molecule has 1 unspecified atom stereocenters. The van der Waals surface area contributed by atoms with E-state index in [9.17, 15) is 4.79 Å². The maximum atomic E-state index is 11.9. The van der Waals surface area contributed by atoms with E-state index in [2.05, 4.69) is 79.1 Å². The fourth-order valence-electron chi connectivity index (χ4n) is 5.41. The third-order valence-electron chi connectivity index (χ3n) is 7.65. The Balaban J connectivity index is 1.30. The summed E-state index contributed by atoms with van der Waals surface area (Å²) in [6.07, 6.45) is 10.9. The summed E-state index contributed by atoms with van der Waals surface area (Å²) in [6, 6.07) is 10.5. The summed E-state index contributed by atoms with van der Waals surface area (Å²) in [6.45, 7) is 6.25. The van der Waals surface area contributed by atoms with Gasteiger partial charge in [-0.1, -0.05) is 0 Å². The van der Waals surface area contributed by atoms with Gasteiger partial charge in [-0.25, -0.2) is 4.98 Å². The van der Waals surface area contributed by atoms with Crippen molar-refractivity contribution in [3.8, 4) is 11.3 Å². The number of fused-ring (bicyclic) bond motifs is 1. The minimum atomic E-state index is -0.453. The van der Waals surface area contributed by atoms with Gasteiger partial charge in [-0.2, -0.15) is 5.10 Å². The topological polar surface area (TPSA) is 90.3 Å². The average Bonchev–Trinajstić information content (AvgIpc) is 3.45. The number of hydrogen-bond acceptors (Lipinski definition) is 8. The summed E-state index contributed by atoms with van der Waals surface area (Å²) in [7, 11) is 2.17. The van der Waals surface area contributed by atoms with Crippen molar-refractivity contribution >= 4 is 29.6 Å². The summed E-state index contributed by atoms with van der Waals surface area (Å²) < 4.78 is 2.08. The summed E-state index contributed by atoms with van der Waals surface area (Å²) in [5.74, 6) is 0.684. The Morgan fingerprint density at radius 2 is 1.86 bits per heavy atom. The van der Waals surface area contributed by atoms with Crippen molar-refractivity contribution in [1.29, 1.82) is 0 Å². The zero-order chi connectivity index (χ0) is 25.2. The number of aromatic nitrogens is 3. The lowest BCUT2D eigenvalue weighted by molar-refractivity contribution is -0.109. The standard InChI is InChI=1S/C28H34N8O/c1-34-12-14-35(15-13-34)23-4-2-22(3-5-23)32-28-27-20(6-11-30-26(27)19-37)16-25(33-28)21-17-31-36(18-21)24-7-9-29-10-8-24/h2-6,11,16-19,24,26,29-30H,7-10,12-15H2,1H3,(H,32,33). The van der Waals surface area contributed by atoms with Gasteiger partial charge in [0, 0.05) is 54.9 Å². The number of hydrogen-bond donors (Lipinski definition) is 3. The second kappa shape index (κ2) is 10.4. The molecule has 0 spiro atoms. The van der Waals surface area contributed by atoms with Crippen molar-refractivity contribution in [3.63, 3.8) is 0 Å². The molecule has 5 heterocycles. The van der Waals surface area contributed by atoms with E-state index in [0.717, 1.165) is 86.5 Å². The molecule has 3 aliphatic heterocycles. The minimum Gasteiger partial charge on any atom is -0.378 e. The number of nitrogens with zero attached hydrogens (tertiary/aromatic N) is 5. The van der Waals surface area contributed by atoms with Gasteiger partial charge < -0.3 is 30.5 Å². The Hall–Kier alpha value is -3.69. The molecule has 3 aromatic rings. The predicted octanol–water partition coefficient (Wildman–Crippen LogP) is 3.18. The number of pyridine rings is 1. The molecule has 1 aromatic carbocycles. The van der Waals surface area contributed by atoms with E-state index in [-0.39, 0.29) is 0 Å². The second-order valence-electron chi connectivity index (χ2n) is 10.1. The Bertz CT molecular complexity index is 1270. The van der Waals surface area contributed by atoms with Gasteiger partial charge in [0.05, 0.1) is 17.9 Å². The molecule has 9 nitrogen and oxygen atoms in total. The van der Waals surface area contributed by atoms with Crippen LogP contribution in [-0.2, 0) is 4.79 Å². The molecule has 0 amide bonds. The molecular weight excluding hydrogens is 464 g/mol. The lowest BCUT2D eigenvalue weighted by Crippen LogP contribution is -2.44. The van der Waals surface area contributed by atoms with E-state index >= 15 is 0 Å². The van der Waals surface area contributed by atoms with Gasteiger partial charge in [0.2, 0.25) is 0 Å². The lowest BCUT2D eigenvalue weighted by atomic mass is 9.97. The van der Waals surface area contributed by atoms with Gasteiger partial charge in [0.25, 0.3) is 0 Å². The van der Waals surface area contributed by atoms with Crippen molar-refractivity contribution < 1.29 is 4.79 Å². The smallest absolute Gasteiger partial charge is 0.146 e. The molecule has 3 N–H and O–H groups in total. The fourth-order valence-corrected chi connectivity index (χ4v) is 5.41. The number of rotatable bonds is 6. The minimum absolute atomic E-state index is 0.410. The molecule has 0 radical (unpaired) electrons. The van der Waals surface area contributed by atoms with E-state index < -0.39 is 6.04 Å². The molecule has 2 fully saturated rings. The summed E-state index contributed by atoms with van der Waals surface area (Å²) in [5.41, 5.74) is 5.82. The number of carbonyl (C=O) groups is 1. The predicted molar refractivity (Wildman–Crippen MR) is 147 cm³/mol. The van der Waals surface area contributed by atoms with Crippen LogP contribution in [0, 0.1) is 0 Å². The van der Waals surface area contributed by atoms with Crippen molar-refractivity contribution in [3.05, 3.63) is 60.1 Å². The van der Waals surface area contributed by atoms with Crippen molar-refractivity contribution in [2.45, 2.75) is 24.9 Å². The molecule has 6 rings (SSSR count). The third-order valence-corrected chi connectivity index (χ3v) is 7.65. The van der Waals surface area contributed by atoms with E-state index in [1.807, 2.05) is 18.5 Å². The number of piperazine rings is 1. The highest BCUT2D eigenvalue weighted by atomic mass is 16.1. The number of carbonyl (C=O) groups excluding carboxylic acids is 1. The molecular formula is C28H34N8O. The van der Waals surface area contributed by atoms with Crippen LogP contribution in [0.2, 0.25) is 0 Å². The number of piperidine rings is 1. The zero-order valence-corrected chi connectivity index (χ0v) is 21.2. The molecule has 2 saturated heterocycles. The largest absolute Gasteiger partial charge is 0.378 e. The first-order chi connectivity index (χ1) is 18.2. The zero-order valence-electron chi connectivity index (χ0n) is 21.2. The number of aldehydes is 1. The highest BCUT2D eigenvalue weighted by molar-refractivity contribution is 5.80. The number of nitrogens with one attached hydrogen (secondary N) is 3. The van der Waals surface area contributed by atoms with Crippen LogP contribution in [0.4, 0.5) is 17.2 Å². The van der Waals surface area contributed by atoms with Crippen molar-refractivity contribution in [2.75, 3.05) is 56.5 Å². The van der Waals surface area contributed by atoms with Crippen molar-refractivity contribution in [1.82, 2.24) is 30.3 Å².